The predicted octanol–water partition coefficient (Wildman–Crippen LogP) is 4.55. The number of hydrogen-bond donors (Lipinski definition) is 4. The Hall–Kier alpha value is -3.61. The molecule has 0 saturated carbocycles. The van der Waals surface area contributed by atoms with Crippen molar-refractivity contribution in [2.75, 3.05) is 30.3 Å². The highest BCUT2D eigenvalue weighted by atomic mass is 35.5. The van der Waals surface area contributed by atoms with Crippen LogP contribution in [0.3, 0.4) is 0 Å². The van der Waals surface area contributed by atoms with Crippen LogP contribution in [0.2, 0.25) is 5.02 Å². The van der Waals surface area contributed by atoms with E-state index in [-0.39, 0.29) is 39.9 Å². The van der Waals surface area contributed by atoms with Crippen molar-refractivity contribution in [2.45, 2.75) is 44.1 Å². The maximum absolute atomic E-state index is 14.5. The molecule has 3 aromatic rings. The van der Waals surface area contributed by atoms with Gasteiger partial charge in [0.05, 0.1) is 0 Å². The van der Waals surface area contributed by atoms with E-state index in [9.17, 15) is 23.1 Å². The van der Waals surface area contributed by atoms with Crippen molar-refractivity contribution in [3.8, 4) is 17.0 Å². The first-order valence-corrected chi connectivity index (χ1v) is 13.5. The molecule has 0 aliphatic carbocycles. The molecule has 2 aliphatic heterocycles. The summed E-state index contributed by atoms with van der Waals surface area (Å²) in [5.74, 6) is -1.07. The van der Waals surface area contributed by atoms with Crippen LogP contribution >= 0.6 is 11.6 Å². The number of nitrogen functional groups attached to an aromatic ring is 1. The smallest absolute Gasteiger partial charge is 0.429 e. The normalized spacial score (nSPS) is 19.3. The Balaban J connectivity index is 1.42. The molecule has 1 unspecified atom stereocenters. The average molecular weight is 591 g/mol. The molecule has 0 radical (unpaired) electrons. The van der Waals surface area contributed by atoms with Gasteiger partial charge in [0.1, 0.15) is 11.9 Å². The number of nitrogens with one attached hydrogen (secondary N) is 1. The number of aromatic nitrogens is 2. The molecule has 2 atom stereocenters. The Morgan fingerprint density at radius 1 is 1.20 bits per heavy atom. The Labute approximate surface area is 239 Å². The van der Waals surface area contributed by atoms with Crippen molar-refractivity contribution in [3.63, 3.8) is 0 Å². The number of alkyl halides is 3. The topological polar surface area (TPSA) is 140 Å². The standard InChI is InChI=1S/C28H30ClF3N6O3/c29-18-4-5-19(20(11-18)17-3-1-2-16(10-17)14-33)24(28(30,31)32)41-23-12-22(36-26(34)37-23)38-8-6-27(7-9-38)13-21(25(39)40)35-15-27/h1-5,10-12,21,24,35H,6-9,13-15,33H2,(H,39,40)(H2,34,36,37)/t21?,24-/m1/s1. The molecule has 0 amide bonds. The minimum Gasteiger partial charge on any atom is -0.480 e. The van der Waals surface area contributed by atoms with Crippen LogP contribution in [0.25, 0.3) is 11.1 Å². The monoisotopic (exact) mass is 590 g/mol. The SMILES string of the molecule is NCc1cccc(-c2cc(Cl)ccc2[C@@H](Oc2cc(N3CCC4(CC3)CNC(C(=O)O)C4)nc(N)n2)C(F)(F)F)c1. The average Bonchev–Trinajstić information content (AvgIpc) is 3.35. The molecule has 6 N–H and O–H groups in total. The van der Waals surface area contributed by atoms with Crippen molar-refractivity contribution >= 4 is 29.3 Å². The number of carboxylic acid groups (broad SMARTS) is 1. The minimum atomic E-state index is -4.80. The zero-order valence-corrected chi connectivity index (χ0v) is 22.8. The third-order valence-electron chi connectivity index (χ3n) is 7.82. The van der Waals surface area contributed by atoms with Crippen molar-refractivity contribution < 1.29 is 27.8 Å². The largest absolute Gasteiger partial charge is 0.480 e. The molecular weight excluding hydrogens is 561 g/mol. The molecule has 3 heterocycles. The van der Waals surface area contributed by atoms with Gasteiger partial charge in [-0.3, -0.25) is 4.79 Å². The molecule has 41 heavy (non-hydrogen) atoms. The van der Waals surface area contributed by atoms with Crippen LogP contribution in [0.15, 0.2) is 48.5 Å². The van der Waals surface area contributed by atoms with Crippen LogP contribution in [0.4, 0.5) is 24.9 Å². The van der Waals surface area contributed by atoms with E-state index in [1.807, 2.05) is 4.90 Å². The van der Waals surface area contributed by atoms with E-state index in [2.05, 4.69) is 15.3 Å². The number of anilines is 2. The molecule has 218 valence electrons. The van der Waals surface area contributed by atoms with Gasteiger partial charge in [0.15, 0.2) is 0 Å². The minimum absolute atomic E-state index is 0.142. The van der Waals surface area contributed by atoms with E-state index in [1.165, 1.54) is 24.3 Å². The lowest BCUT2D eigenvalue weighted by Gasteiger charge is -2.39. The summed E-state index contributed by atoms with van der Waals surface area (Å²) >= 11 is 6.19. The summed E-state index contributed by atoms with van der Waals surface area (Å²) < 4.78 is 49.2. The van der Waals surface area contributed by atoms with E-state index in [0.717, 1.165) is 5.56 Å². The molecule has 5 rings (SSSR count). The highest BCUT2D eigenvalue weighted by molar-refractivity contribution is 6.30. The number of rotatable bonds is 7. The molecular formula is C28H30ClF3N6O3. The first kappa shape index (κ1) is 28.9. The zero-order valence-electron chi connectivity index (χ0n) is 22.0. The van der Waals surface area contributed by atoms with E-state index in [1.54, 1.807) is 24.3 Å². The van der Waals surface area contributed by atoms with E-state index in [4.69, 9.17) is 27.8 Å². The van der Waals surface area contributed by atoms with Gasteiger partial charge >= 0.3 is 12.1 Å². The molecule has 2 saturated heterocycles. The fourth-order valence-corrected chi connectivity index (χ4v) is 5.81. The fraction of sp³-hybridized carbons (Fsp3) is 0.393. The number of ether oxygens (including phenoxy) is 1. The molecule has 2 aromatic carbocycles. The van der Waals surface area contributed by atoms with Crippen LogP contribution in [-0.4, -0.2) is 52.9 Å². The molecule has 1 spiro atoms. The maximum atomic E-state index is 14.5. The third kappa shape index (κ3) is 6.34. The first-order chi connectivity index (χ1) is 19.5. The van der Waals surface area contributed by atoms with Gasteiger partial charge in [0, 0.05) is 42.8 Å². The highest BCUT2D eigenvalue weighted by Gasteiger charge is 2.46. The Morgan fingerprint density at radius 3 is 2.61 bits per heavy atom. The Kier molecular flexibility index (Phi) is 8.00. The van der Waals surface area contributed by atoms with Crippen LogP contribution in [0, 0.1) is 5.41 Å². The fourth-order valence-electron chi connectivity index (χ4n) is 5.64. The lowest BCUT2D eigenvalue weighted by molar-refractivity contribution is -0.198. The van der Waals surface area contributed by atoms with Crippen LogP contribution in [-0.2, 0) is 11.3 Å². The molecule has 1 aromatic heterocycles. The third-order valence-corrected chi connectivity index (χ3v) is 8.06. The second-order valence-corrected chi connectivity index (χ2v) is 11.0. The number of halogens is 4. The molecule has 2 fully saturated rings. The van der Waals surface area contributed by atoms with Crippen molar-refractivity contribution in [1.29, 1.82) is 0 Å². The van der Waals surface area contributed by atoms with Gasteiger partial charge in [-0.15, -0.1) is 0 Å². The summed E-state index contributed by atoms with van der Waals surface area (Å²) in [5.41, 5.74) is 12.9. The Morgan fingerprint density at radius 2 is 1.95 bits per heavy atom. The summed E-state index contributed by atoms with van der Waals surface area (Å²) in [7, 11) is 0. The van der Waals surface area contributed by atoms with Gasteiger partial charge in [-0.1, -0.05) is 35.9 Å². The van der Waals surface area contributed by atoms with E-state index in [0.29, 0.717) is 50.3 Å². The Bertz CT molecular complexity index is 1430. The van der Waals surface area contributed by atoms with Gasteiger partial charge in [0.25, 0.3) is 0 Å². The summed E-state index contributed by atoms with van der Waals surface area (Å²) in [5, 5.41) is 12.7. The van der Waals surface area contributed by atoms with Crippen LogP contribution in [0.5, 0.6) is 5.88 Å². The number of hydrogen-bond acceptors (Lipinski definition) is 8. The summed E-state index contributed by atoms with van der Waals surface area (Å²) in [4.78, 5) is 21.5. The number of nitrogens with zero attached hydrogens (tertiary/aromatic N) is 3. The quantitative estimate of drug-likeness (QED) is 0.312. The van der Waals surface area contributed by atoms with Gasteiger partial charge < -0.3 is 31.5 Å². The van der Waals surface area contributed by atoms with Crippen LogP contribution in [0.1, 0.15) is 36.5 Å². The summed E-state index contributed by atoms with van der Waals surface area (Å²) in [6.45, 7) is 1.89. The zero-order chi connectivity index (χ0) is 29.4. The van der Waals surface area contributed by atoms with Crippen molar-refractivity contribution in [1.82, 2.24) is 15.3 Å². The van der Waals surface area contributed by atoms with Gasteiger partial charge in [-0.25, -0.2) is 0 Å². The molecule has 9 nitrogen and oxygen atoms in total. The lowest BCUT2D eigenvalue weighted by Crippen LogP contribution is -2.41. The number of carboxylic acids is 1. The number of nitrogens with two attached hydrogens (primary N) is 2. The van der Waals surface area contributed by atoms with Crippen molar-refractivity contribution in [2.24, 2.45) is 11.1 Å². The molecule has 2 aliphatic rings. The number of aliphatic carboxylic acids is 1. The highest BCUT2D eigenvalue weighted by Crippen LogP contribution is 2.43. The number of piperidine rings is 1. The predicted molar refractivity (Wildman–Crippen MR) is 149 cm³/mol. The van der Waals surface area contributed by atoms with Crippen LogP contribution < -0.4 is 26.4 Å². The lowest BCUT2D eigenvalue weighted by atomic mass is 9.76. The van der Waals surface area contributed by atoms with Gasteiger partial charge in [-0.05, 0) is 59.6 Å². The summed E-state index contributed by atoms with van der Waals surface area (Å²) in [6, 6.07) is 11.8. The number of benzene rings is 2. The molecule has 0 bridgehead atoms. The van der Waals surface area contributed by atoms with Gasteiger partial charge in [-0.2, -0.15) is 23.1 Å². The van der Waals surface area contributed by atoms with E-state index >= 15 is 0 Å². The van der Waals surface area contributed by atoms with E-state index < -0.39 is 24.3 Å². The second-order valence-electron chi connectivity index (χ2n) is 10.6. The number of carbonyl (C=O) groups is 1. The second kappa shape index (κ2) is 11.3. The first-order valence-electron chi connectivity index (χ1n) is 13.1. The van der Waals surface area contributed by atoms with Gasteiger partial charge in [0.2, 0.25) is 17.9 Å². The molecule has 13 heteroatoms. The van der Waals surface area contributed by atoms with Crippen molar-refractivity contribution in [3.05, 3.63) is 64.7 Å². The maximum Gasteiger partial charge on any atom is 0.429 e. The summed E-state index contributed by atoms with van der Waals surface area (Å²) in [6.07, 6.45) is -5.25.